The van der Waals surface area contributed by atoms with Gasteiger partial charge in [-0.25, -0.2) is 0 Å². The summed E-state index contributed by atoms with van der Waals surface area (Å²) in [7, 11) is 0. The number of nitrogens with one attached hydrogen (secondary N) is 1. The Morgan fingerprint density at radius 1 is 1.33 bits per heavy atom. The molecule has 18 heavy (non-hydrogen) atoms. The van der Waals surface area contributed by atoms with Gasteiger partial charge in [0.25, 0.3) is 0 Å². The molecular formula is C16H25NO. The van der Waals surface area contributed by atoms with E-state index in [4.69, 9.17) is 4.74 Å². The van der Waals surface area contributed by atoms with E-state index in [0.717, 1.165) is 26.0 Å². The first-order chi connectivity index (χ1) is 8.72. The molecule has 1 aliphatic carbocycles. The van der Waals surface area contributed by atoms with E-state index in [1.165, 1.54) is 11.1 Å². The second kappa shape index (κ2) is 6.35. The average molecular weight is 247 g/mol. The van der Waals surface area contributed by atoms with Gasteiger partial charge in [0.1, 0.15) is 0 Å². The van der Waals surface area contributed by atoms with Crippen molar-refractivity contribution in [3.8, 4) is 0 Å². The van der Waals surface area contributed by atoms with Crippen LogP contribution in [0.3, 0.4) is 0 Å². The Morgan fingerprint density at radius 2 is 2.11 bits per heavy atom. The molecule has 0 heterocycles. The molecule has 2 nitrogen and oxygen atoms in total. The molecule has 2 rings (SSSR count). The monoisotopic (exact) mass is 247 g/mol. The van der Waals surface area contributed by atoms with Crippen LogP contribution in [-0.4, -0.2) is 19.3 Å². The summed E-state index contributed by atoms with van der Waals surface area (Å²) in [5.74, 6) is 0.598. The van der Waals surface area contributed by atoms with Gasteiger partial charge < -0.3 is 10.1 Å². The minimum Gasteiger partial charge on any atom is -0.376 e. The molecule has 0 saturated heterocycles. The van der Waals surface area contributed by atoms with Gasteiger partial charge in [0.2, 0.25) is 0 Å². The van der Waals surface area contributed by atoms with Gasteiger partial charge in [-0.2, -0.15) is 0 Å². The van der Waals surface area contributed by atoms with Crippen LogP contribution in [0.15, 0.2) is 24.3 Å². The molecule has 1 aromatic carbocycles. The SMILES string of the molecule is CCCNC1c2ccccc2CC1OCC(C)C. The van der Waals surface area contributed by atoms with E-state index in [9.17, 15) is 0 Å². The third-order valence-corrected chi connectivity index (χ3v) is 3.44. The van der Waals surface area contributed by atoms with Crippen LogP contribution in [0.25, 0.3) is 0 Å². The smallest absolute Gasteiger partial charge is 0.0810 e. The zero-order valence-electron chi connectivity index (χ0n) is 11.8. The summed E-state index contributed by atoms with van der Waals surface area (Å²) in [5, 5.41) is 3.64. The molecule has 1 aromatic rings. The predicted molar refractivity (Wildman–Crippen MR) is 75.8 cm³/mol. The van der Waals surface area contributed by atoms with Gasteiger partial charge in [0, 0.05) is 13.0 Å². The van der Waals surface area contributed by atoms with Gasteiger partial charge in [-0.3, -0.25) is 0 Å². The molecule has 0 saturated carbocycles. The summed E-state index contributed by atoms with van der Waals surface area (Å²) in [4.78, 5) is 0. The Labute approximate surface area is 111 Å². The molecule has 0 aromatic heterocycles. The van der Waals surface area contributed by atoms with Crippen LogP contribution in [-0.2, 0) is 11.2 Å². The first-order valence-electron chi connectivity index (χ1n) is 7.15. The number of ether oxygens (including phenoxy) is 1. The van der Waals surface area contributed by atoms with Crippen molar-refractivity contribution in [1.29, 1.82) is 0 Å². The van der Waals surface area contributed by atoms with Gasteiger partial charge >= 0.3 is 0 Å². The van der Waals surface area contributed by atoms with Crippen LogP contribution >= 0.6 is 0 Å². The van der Waals surface area contributed by atoms with Crippen molar-refractivity contribution < 1.29 is 4.74 Å². The van der Waals surface area contributed by atoms with E-state index in [-0.39, 0.29) is 0 Å². The maximum atomic E-state index is 6.09. The zero-order valence-corrected chi connectivity index (χ0v) is 11.8. The molecular weight excluding hydrogens is 222 g/mol. The molecule has 0 bridgehead atoms. The molecule has 0 aliphatic heterocycles. The second-order valence-corrected chi connectivity index (χ2v) is 5.60. The van der Waals surface area contributed by atoms with Crippen LogP contribution in [0, 0.1) is 5.92 Å². The fourth-order valence-electron chi connectivity index (χ4n) is 2.57. The summed E-state index contributed by atoms with van der Waals surface area (Å²) in [6.45, 7) is 8.52. The summed E-state index contributed by atoms with van der Waals surface area (Å²) in [6, 6.07) is 9.10. The molecule has 0 radical (unpaired) electrons. The number of hydrogen-bond donors (Lipinski definition) is 1. The summed E-state index contributed by atoms with van der Waals surface area (Å²) >= 11 is 0. The van der Waals surface area contributed by atoms with Gasteiger partial charge in [-0.15, -0.1) is 0 Å². The van der Waals surface area contributed by atoms with E-state index in [1.807, 2.05) is 0 Å². The van der Waals surface area contributed by atoms with Crippen LogP contribution in [0.4, 0.5) is 0 Å². The van der Waals surface area contributed by atoms with Gasteiger partial charge in [0.15, 0.2) is 0 Å². The van der Waals surface area contributed by atoms with Crippen LogP contribution < -0.4 is 5.32 Å². The van der Waals surface area contributed by atoms with Crippen LogP contribution in [0.2, 0.25) is 0 Å². The molecule has 0 spiro atoms. The molecule has 100 valence electrons. The van der Waals surface area contributed by atoms with Crippen molar-refractivity contribution in [2.45, 2.75) is 45.8 Å². The lowest BCUT2D eigenvalue weighted by atomic mass is 10.1. The van der Waals surface area contributed by atoms with Crippen LogP contribution in [0.1, 0.15) is 44.4 Å². The number of hydrogen-bond acceptors (Lipinski definition) is 2. The predicted octanol–water partition coefficient (Wildman–Crippen LogP) is 3.32. The fraction of sp³-hybridized carbons (Fsp3) is 0.625. The number of benzene rings is 1. The van der Waals surface area contributed by atoms with Crippen molar-refractivity contribution in [2.75, 3.05) is 13.2 Å². The van der Waals surface area contributed by atoms with Crippen molar-refractivity contribution in [3.05, 3.63) is 35.4 Å². The van der Waals surface area contributed by atoms with Crippen molar-refractivity contribution in [1.82, 2.24) is 5.32 Å². The minimum atomic E-state index is 0.302. The van der Waals surface area contributed by atoms with Gasteiger partial charge in [0.05, 0.1) is 12.1 Å². The lowest BCUT2D eigenvalue weighted by molar-refractivity contribution is 0.0193. The van der Waals surface area contributed by atoms with Crippen molar-refractivity contribution in [3.63, 3.8) is 0 Å². The lowest BCUT2D eigenvalue weighted by Crippen LogP contribution is -2.32. The Kier molecular flexibility index (Phi) is 4.79. The molecule has 2 unspecified atom stereocenters. The maximum absolute atomic E-state index is 6.09. The first kappa shape index (κ1) is 13.6. The highest BCUT2D eigenvalue weighted by atomic mass is 16.5. The average Bonchev–Trinajstić information content (AvgIpc) is 2.71. The number of rotatable bonds is 6. The van der Waals surface area contributed by atoms with E-state index < -0.39 is 0 Å². The first-order valence-corrected chi connectivity index (χ1v) is 7.15. The van der Waals surface area contributed by atoms with Gasteiger partial charge in [-0.05, 0) is 30.0 Å². The number of fused-ring (bicyclic) bond motifs is 1. The quantitative estimate of drug-likeness (QED) is 0.832. The molecule has 2 heteroatoms. The Bertz CT molecular complexity index is 375. The van der Waals surface area contributed by atoms with E-state index >= 15 is 0 Å². The van der Waals surface area contributed by atoms with Crippen LogP contribution in [0.5, 0.6) is 0 Å². The Hall–Kier alpha value is -0.860. The van der Waals surface area contributed by atoms with Crippen molar-refractivity contribution in [2.24, 2.45) is 5.92 Å². The topological polar surface area (TPSA) is 21.3 Å². The lowest BCUT2D eigenvalue weighted by Gasteiger charge is -2.23. The molecule has 2 atom stereocenters. The fourth-order valence-corrected chi connectivity index (χ4v) is 2.57. The third-order valence-electron chi connectivity index (χ3n) is 3.44. The Morgan fingerprint density at radius 3 is 2.83 bits per heavy atom. The van der Waals surface area contributed by atoms with E-state index in [2.05, 4.69) is 50.4 Å². The van der Waals surface area contributed by atoms with Gasteiger partial charge in [-0.1, -0.05) is 45.0 Å². The highest BCUT2D eigenvalue weighted by molar-refractivity contribution is 5.36. The maximum Gasteiger partial charge on any atom is 0.0810 e. The van der Waals surface area contributed by atoms with Crippen molar-refractivity contribution >= 4 is 0 Å². The Balaban J connectivity index is 2.07. The summed E-state index contributed by atoms with van der Waals surface area (Å²) in [5.41, 5.74) is 2.87. The molecule has 0 amide bonds. The largest absolute Gasteiger partial charge is 0.376 e. The standard InChI is InChI=1S/C16H25NO/c1-4-9-17-16-14-8-6-5-7-13(14)10-15(16)18-11-12(2)3/h5-8,12,15-17H,4,9-11H2,1-3H3. The second-order valence-electron chi connectivity index (χ2n) is 5.60. The molecule has 0 fully saturated rings. The summed E-state index contributed by atoms with van der Waals surface area (Å²) < 4.78 is 6.09. The highest BCUT2D eigenvalue weighted by Gasteiger charge is 2.32. The third kappa shape index (κ3) is 3.12. The molecule has 1 aliphatic rings. The van der Waals surface area contributed by atoms with E-state index in [0.29, 0.717) is 18.1 Å². The van der Waals surface area contributed by atoms with E-state index in [1.54, 1.807) is 0 Å². The zero-order chi connectivity index (χ0) is 13.0. The minimum absolute atomic E-state index is 0.302. The normalized spacial score (nSPS) is 22.4. The molecule has 1 N–H and O–H groups in total. The summed E-state index contributed by atoms with van der Waals surface area (Å²) in [6.07, 6.45) is 2.51. The highest BCUT2D eigenvalue weighted by Crippen LogP contribution is 2.33.